The minimum atomic E-state index is -0.202. The van der Waals surface area contributed by atoms with Crippen LogP contribution in [0.4, 0.5) is 0 Å². The van der Waals surface area contributed by atoms with Crippen molar-refractivity contribution < 1.29 is 13.9 Å². The number of furan rings is 1. The van der Waals surface area contributed by atoms with Crippen molar-refractivity contribution in [3.05, 3.63) is 78.1 Å². The number of rotatable bonds is 6. The highest BCUT2D eigenvalue weighted by Crippen LogP contribution is 2.29. The van der Waals surface area contributed by atoms with Crippen LogP contribution >= 0.6 is 0 Å². The number of hydrogen-bond donors (Lipinski definition) is 1. The van der Waals surface area contributed by atoms with E-state index in [1.165, 1.54) is 0 Å². The van der Waals surface area contributed by atoms with E-state index in [1.54, 1.807) is 7.11 Å². The summed E-state index contributed by atoms with van der Waals surface area (Å²) in [5.41, 5.74) is 1.77. The molecule has 4 rings (SSSR count). The second-order valence-electron chi connectivity index (χ2n) is 7.74. The summed E-state index contributed by atoms with van der Waals surface area (Å²) in [5, 5.41) is 6.32. The van der Waals surface area contributed by atoms with Crippen LogP contribution in [0.15, 0.2) is 71.1 Å². The van der Waals surface area contributed by atoms with Gasteiger partial charge in [-0.3, -0.25) is 4.79 Å². The van der Waals surface area contributed by atoms with Gasteiger partial charge >= 0.3 is 0 Å². The lowest BCUT2D eigenvalue weighted by atomic mass is 9.96. The first-order valence-corrected chi connectivity index (χ1v) is 9.91. The van der Waals surface area contributed by atoms with Crippen molar-refractivity contribution in [3.8, 4) is 5.75 Å². The van der Waals surface area contributed by atoms with Gasteiger partial charge in [0.25, 0.3) is 5.91 Å². The summed E-state index contributed by atoms with van der Waals surface area (Å²) in [5.74, 6) is 1.36. The lowest BCUT2D eigenvalue weighted by Crippen LogP contribution is -2.29. The van der Waals surface area contributed by atoms with Crippen LogP contribution in [0.2, 0.25) is 0 Å². The second kappa shape index (κ2) is 8.00. The van der Waals surface area contributed by atoms with Crippen molar-refractivity contribution >= 4 is 27.6 Å². The Kier molecular flexibility index (Phi) is 5.26. The zero-order valence-corrected chi connectivity index (χ0v) is 16.9. The van der Waals surface area contributed by atoms with E-state index in [-0.39, 0.29) is 11.9 Å². The van der Waals surface area contributed by atoms with Crippen molar-refractivity contribution in [1.29, 1.82) is 0 Å². The summed E-state index contributed by atoms with van der Waals surface area (Å²) in [7, 11) is 1.65. The summed E-state index contributed by atoms with van der Waals surface area (Å²) in [6, 6.07) is 21.6. The van der Waals surface area contributed by atoms with Crippen molar-refractivity contribution in [3.63, 3.8) is 0 Å². The molecule has 0 unspecified atom stereocenters. The monoisotopic (exact) mass is 387 g/mol. The van der Waals surface area contributed by atoms with Gasteiger partial charge in [-0.1, -0.05) is 56.3 Å². The predicted octanol–water partition coefficient (Wildman–Crippen LogP) is 6.11. The van der Waals surface area contributed by atoms with E-state index in [0.717, 1.165) is 39.5 Å². The maximum Gasteiger partial charge on any atom is 0.287 e. The van der Waals surface area contributed by atoms with Gasteiger partial charge in [0.05, 0.1) is 13.2 Å². The van der Waals surface area contributed by atoms with Crippen LogP contribution in [0.3, 0.4) is 0 Å². The van der Waals surface area contributed by atoms with Crippen LogP contribution in [-0.4, -0.2) is 13.0 Å². The van der Waals surface area contributed by atoms with Crippen LogP contribution in [0.1, 0.15) is 42.4 Å². The van der Waals surface area contributed by atoms with Crippen molar-refractivity contribution in [1.82, 2.24) is 5.32 Å². The van der Waals surface area contributed by atoms with E-state index in [9.17, 15) is 4.79 Å². The van der Waals surface area contributed by atoms with Crippen LogP contribution in [0.5, 0.6) is 5.75 Å². The molecule has 1 heterocycles. The van der Waals surface area contributed by atoms with Crippen LogP contribution in [-0.2, 0) is 0 Å². The van der Waals surface area contributed by atoms with E-state index >= 15 is 0 Å². The summed E-state index contributed by atoms with van der Waals surface area (Å²) >= 11 is 0. The van der Waals surface area contributed by atoms with Crippen LogP contribution in [0.25, 0.3) is 21.7 Å². The first-order valence-electron chi connectivity index (χ1n) is 9.91. The molecule has 1 N–H and O–H groups in total. The summed E-state index contributed by atoms with van der Waals surface area (Å²) in [6.07, 6.45) is 0.835. The summed E-state index contributed by atoms with van der Waals surface area (Å²) in [4.78, 5) is 13.0. The number of hydrogen-bond acceptors (Lipinski definition) is 3. The molecule has 1 aromatic heterocycles. The van der Waals surface area contributed by atoms with Crippen molar-refractivity contribution in [2.45, 2.75) is 26.3 Å². The average molecular weight is 387 g/mol. The smallest absolute Gasteiger partial charge is 0.287 e. The molecule has 4 aromatic rings. The van der Waals surface area contributed by atoms with E-state index in [2.05, 4.69) is 25.2 Å². The molecular formula is C25H25NO3. The fourth-order valence-electron chi connectivity index (χ4n) is 3.72. The molecule has 4 heteroatoms. The Morgan fingerprint density at radius 2 is 1.76 bits per heavy atom. The summed E-state index contributed by atoms with van der Waals surface area (Å²) in [6.45, 7) is 4.30. The lowest BCUT2D eigenvalue weighted by molar-refractivity contribution is 0.0906. The standard InChI is InChI=1S/C25H25NO3/c1-16(2)14-22(18-8-11-19(28-3)12-9-18)26-25(27)24-15-21-20-7-5-4-6-17(20)10-13-23(21)29-24/h4-13,15-16,22H,14H2,1-3H3,(H,26,27)/t22-/m1/s1. The fraction of sp³-hybridized carbons (Fsp3) is 0.240. The minimum absolute atomic E-state index is 0.0987. The quantitative estimate of drug-likeness (QED) is 0.434. The van der Waals surface area contributed by atoms with Crippen LogP contribution in [0, 0.1) is 5.92 Å². The third-order valence-corrected chi connectivity index (χ3v) is 5.18. The van der Waals surface area contributed by atoms with Crippen molar-refractivity contribution in [2.75, 3.05) is 7.11 Å². The Morgan fingerprint density at radius 3 is 2.48 bits per heavy atom. The maximum atomic E-state index is 13.0. The lowest BCUT2D eigenvalue weighted by Gasteiger charge is -2.21. The van der Waals surface area contributed by atoms with Gasteiger partial charge in [-0.15, -0.1) is 0 Å². The fourth-order valence-corrected chi connectivity index (χ4v) is 3.72. The Bertz CT molecular complexity index is 1140. The Labute approximate surface area is 170 Å². The Morgan fingerprint density at radius 1 is 1.00 bits per heavy atom. The van der Waals surface area contributed by atoms with Gasteiger partial charge in [0.15, 0.2) is 5.76 Å². The molecule has 0 fully saturated rings. The normalized spacial score (nSPS) is 12.4. The van der Waals surface area contributed by atoms with Gasteiger partial charge in [-0.05, 0) is 52.9 Å². The largest absolute Gasteiger partial charge is 0.497 e. The number of carbonyl (C=O) groups is 1. The van der Waals surface area contributed by atoms with Crippen molar-refractivity contribution in [2.24, 2.45) is 5.92 Å². The van der Waals surface area contributed by atoms with E-state index < -0.39 is 0 Å². The van der Waals surface area contributed by atoms with Crippen LogP contribution < -0.4 is 10.1 Å². The topological polar surface area (TPSA) is 51.5 Å². The third kappa shape index (κ3) is 3.97. The second-order valence-corrected chi connectivity index (χ2v) is 7.74. The number of methoxy groups -OCH3 is 1. The molecule has 148 valence electrons. The third-order valence-electron chi connectivity index (χ3n) is 5.18. The van der Waals surface area contributed by atoms with Gasteiger partial charge in [-0.2, -0.15) is 0 Å². The molecule has 0 saturated heterocycles. The zero-order valence-electron chi connectivity index (χ0n) is 16.9. The first-order chi connectivity index (χ1) is 14.0. The highest BCUT2D eigenvalue weighted by molar-refractivity contribution is 6.08. The Hall–Kier alpha value is -3.27. The molecule has 0 aliphatic heterocycles. The molecule has 3 aromatic carbocycles. The number of amides is 1. The van der Waals surface area contributed by atoms with Gasteiger partial charge in [-0.25, -0.2) is 0 Å². The Balaban J connectivity index is 1.63. The van der Waals surface area contributed by atoms with Gasteiger partial charge in [0.2, 0.25) is 0 Å². The number of nitrogens with one attached hydrogen (secondary N) is 1. The molecule has 0 aliphatic carbocycles. The molecule has 1 amide bonds. The molecule has 29 heavy (non-hydrogen) atoms. The SMILES string of the molecule is COc1ccc([C@@H](CC(C)C)NC(=O)c2cc3c(ccc4ccccc43)o2)cc1. The molecule has 4 nitrogen and oxygen atoms in total. The molecular weight excluding hydrogens is 362 g/mol. The van der Waals surface area contributed by atoms with E-state index in [1.807, 2.05) is 60.7 Å². The molecule has 0 bridgehead atoms. The number of benzene rings is 3. The van der Waals surface area contributed by atoms with E-state index in [4.69, 9.17) is 9.15 Å². The molecule has 0 radical (unpaired) electrons. The van der Waals surface area contributed by atoms with Gasteiger partial charge in [0, 0.05) is 5.39 Å². The highest BCUT2D eigenvalue weighted by atomic mass is 16.5. The molecule has 0 spiro atoms. The highest BCUT2D eigenvalue weighted by Gasteiger charge is 2.20. The molecule has 1 atom stereocenters. The van der Waals surface area contributed by atoms with E-state index in [0.29, 0.717) is 11.7 Å². The van der Waals surface area contributed by atoms with Gasteiger partial charge in [0.1, 0.15) is 11.3 Å². The maximum absolute atomic E-state index is 13.0. The molecule has 0 aliphatic rings. The average Bonchev–Trinajstić information content (AvgIpc) is 3.18. The first kappa shape index (κ1) is 19.1. The zero-order chi connectivity index (χ0) is 20.4. The predicted molar refractivity (Wildman–Crippen MR) is 116 cm³/mol. The number of fused-ring (bicyclic) bond motifs is 3. The minimum Gasteiger partial charge on any atom is -0.497 e. The number of carbonyl (C=O) groups excluding carboxylic acids is 1. The number of ether oxygens (including phenoxy) is 1. The van der Waals surface area contributed by atoms with Gasteiger partial charge < -0.3 is 14.5 Å². The summed E-state index contributed by atoms with van der Waals surface area (Å²) < 4.78 is 11.1. The molecule has 0 saturated carbocycles.